The summed E-state index contributed by atoms with van der Waals surface area (Å²) in [5, 5.41) is 39.6. The molecule has 1 fully saturated rings. The molecule has 1 aromatic rings. The normalized spacial score (nSPS) is 32.9. The van der Waals surface area contributed by atoms with Gasteiger partial charge in [-0.2, -0.15) is 0 Å². The molecule has 0 amide bonds. The second-order valence-corrected chi connectivity index (χ2v) is 5.53. The summed E-state index contributed by atoms with van der Waals surface area (Å²) in [4.78, 5) is 1.66. The standard InChI is InChI=1S/C15H23NO5/c1-9(12(18)10-6-4-3-5-7-10)16(2)15-14(20)13(19)11(17)8-21-15/h3-7,9,11-15,17-20H,8H2,1-2H3. The molecular weight excluding hydrogens is 274 g/mol. The van der Waals surface area contributed by atoms with Crippen LogP contribution in [0.5, 0.6) is 0 Å². The maximum atomic E-state index is 10.4. The minimum Gasteiger partial charge on any atom is -0.388 e. The maximum Gasteiger partial charge on any atom is 0.139 e. The summed E-state index contributed by atoms with van der Waals surface area (Å²) in [7, 11) is 1.70. The summed E-state index contributed by atoms with van der Waals surface area (Å²) < 4.78 is 5.40. The van der Waals surface area contributed by atoms with Gasteiger partial charge in [0.2, 0.25) is 0 Å². The Kier molecular flexibility index (Phi) is 5.32. The zero-order valence-corrected chi connectivity index (χ0v) is 12.2. The summed E-state index contributed by atoms with van der Waals surface area (Å²) in [6, 6.07) is 8.87. The van der Waals surface area contributed by atoms with Crippen molar-refractivity contribution in [2.45, 2.75) is 43.6 Å². The Balaban J connectivity index is 2.07. The molecule has 0 bridgehead atoms. The topological polar surface area (TPSA) is 93.4 Å². The third-order valence-electron chi connectivity index (χ3n) is 4.12. The van der Waals surface area contributed by atoms with Gasteiger partial charge in [-0.1, -0.05) is 30.3 Å². The zero-order valence-electron chi connectivity index (χ0n) is 12.2. The maximum absolute atomic E-state index is 10.4. The second-order valence-electron chi connectivity index (χ2n) is 5.53. The Morgan fingerprint density at radius 1 is 1.14 bits per heavy atom. The van der Waals surface area contributed by atoms with Crippen molar-refractivity contribution in [1.29, 1.82) is 0 Å². The number of nitrogens with zero attached hydrogens (tertiary/aromatic N) is 1. The van der Waals surface area contributed by atoms with Crippen LogP contribution in [0, 0.1) is 0 Å². The summed E-state index contributed by atoms with van der Waals surface area (Å²) in [6.45, 7) is 1.76. The molecule has 1 aliphatic heterocycles. The van der Waals surface area contributed by atoms with Gasteiger partial charge in [0.25, 0.3) is 0 Å². The van der Waals surface area contributed by atoms with Crippen LogP contribution in [0.2, 0.25) is 0 Å². The fourth-order valence-electron chi connectivity index (χ4n) is 2.53. The molecule has 6 heteroatoms. The van der Waals surface area contributed by atoms with E-state index in [2.05, 4.69) is 0 Å². The summed E-state index contributed by atoms with van der Waals surface area (Å²) in [6.07, 6.45) is -5.12. The van der Waals surface area contributed by atoms with Crippen molar-refractivity contribution < 1.29 is 25.2 Å². The summed E-state index contributed by atoms with van der Waals surface area (Å²) >= 11 is 0. The van der Waals surface area contributed by atoms with E-state index in [1.54, 1.807) is 11.9 Å². The van der Waals surface area contributed by atoms with Crippen LogP contribution >= 0.6 is 0 Å². The van der Waals surface area contributed by atoms with E-state index in [1.807, 2.05) is 37.3 Å². The van der Waals surface area contributed by atoms with E-state index in [1.165, 1.54) is 0 Å². The third kappa shape index (κ3) is 3.42. The molecule has 6 unspecified atom stereocenters. The second kappa shape index (κ2) is 6.83. The number of rotatable bonds is 4. The van der Waals surface area contributed by atoms with Crippen molar-refractivity contribution in [2.75, 3.05) is 13.7 Å². The number of benzene rings is 1. The molecule has 0 aromatic heterocycles. The smallest absolute Gasteiger partial charge is 0.139 e. The molecule has 1 heterocycles. The van der Waals surface area contributed by atoms with E-state index in [-0.39, 0.29) is 12.6 Å². The first-order valence-corrected chi connectivity index (χ1v) is 7.04. The van der Waals surface area contributed by atoms with Gasteiger partial charge in [0.15, 0.2) is 0 Å². The molecule has 21 heavy (non-hydrogen) atoms. The number of ether oxygens (including phenoxy) is 1. The fourth-order valence-corrected chi connectivity index (χ4v) is 2.53. The van der Waals surface area contributed by atoms with Crippen molar-refractivity contribution in [3.8, 4) is 0 Å². The van der Waals surface area contributed by atoms with E-state index in [4.69, 9.17) is 4.74 Å². The SMILES string of the molecule is CC(C(O)c1ccccc1)N(C)C1OCC(O)C(O)C1O. The average Bonchev–Trinajstić information content (AvgIpc) is 2.51. The van der Waals surface area contributed by atoms with Gasteiger partial charge in [-0.05, 0) is 19.5 Å². The molecule has 2 rings (SSSR count). The summed E-state index contributed by atoms with van der Waals surface area (Å²) in [5.74, 6) is 0. The molecule has 0 radical (unpaired) electrons. The van der Waals surface area contributed by atoms with E-state index < -0.39 is 30.6 Å². The van der Waals surface area contributed by atoms with Crippen LogP contribution < -0.4 is 0 Å². The monoisotopic (exact) mass is 297 g/mol. The van der Waals surface area contributed by atoms with E-state index in [0.717, 1.165) is 5.56 Å². The highest BCUT2D eigenvalue weighted by molar-refractivity contribution is 5.18. The highest BCUT2D eigenvalue weighted by atomic mass is 16.5. The zero-order chi connectivity index (χ0) is 15.6. The first kappa shape index (κ1) is 16.4. The minimum absolute atomic E-state index is 0.0542. The Morgan fingerprint density at radius 2 is 1.76 bits per heavy atom. The molecule has 1 aromatic carbocycles. The Bertz CT molecular complexity index is 443. The number of likely N-dealkylation sites (N-methyl/N-ethyl adjacent to an activating group) is 1. The van der Waals surface area contributed by atoms with E-state index in [0.29, 0.717) is 0 Å². The molecular formula is C15H23NO5. The van der Waals surface area contributed by atoms with Crippen molar-refractivity contribution in [3.63, 3.8) is 0 Å². The van der Waals surface area contributed by atoms with E-state index >= 15 is 0 Å². The number of hydrogen-bond donors (Lipinski definition) is 4. The van der Waals surface area contributed by atoms with Crippen molar-refractivity contribution >= 4 is 0 Å². The van der Waals surface area contributed by atoms with E-state index in [9.17, 15) is 20.4 Å². The first-order chi connectivity index (χ1) is 9.93. The molecule has 0 saturated carbocycles. The number of hydrogen-bond acceptors (Lipinski definition) is 6. The number of aliphatic hydroxyl groups excluding tert-OH is 4. The van der Waals surface area contributed by atoms with Gasteiger partial charge in [-0.25, -0.2) is 0 Å². The Hall–Kier alpha value is -1.02. The van der Waals surface area contributed by atoms with Crippen molar-refractivity contribution in [1.82, 2.24) is 4.90 Å². The van der Waals surface area contributed by atoms with Crippen LogP contribution in [0.25, 0.3) is 0 Å². The van der Waals surface area contributed by atoms with Gasteiger partial charge in [0.1, 0.15) is 24.5 Å². The molecule has 4 N–H and O–H groups in total. The molecule has 1 saturated heterocycles. The predicted octanol–water partition coefficient (Wildman–Crippen LogP) is -0.521. The van der Waals surface area contributed by atoms with Crippen LogP contribution in [0.1, 0.15) is 18.6 Å². The lowest BCUT2D eigenvalue weighted by Gasteiger charge is -2.43. The van der Waals surface area contributed by atoms with Crippen molar-refractivity contribution in [2.24, 2.45) is 0 Å². The largest absolute Gasteiger partial charge is 0.388 e. The molecule has 1 aliphatic rings. The lowest BCUT2D eigenvalue weighted by atomic mass is 9.99. The van der Waals surface area contributed by atoms with Crippen LogP contribution in [0.15, 0.2) is 30.3 Å². The summed E-state index contributed by atoms with van der Waals surface area (Å²) in [5.41, 5.74) is 0.766. The van der Waals surface area contributed by atoms with Crippen LogP contribution in [0.4, 0.5) is 0 Å². The molecule has 6 atom stereocenters. The predicted molar refractivity (Wildman–Crippen MR) is 76.4 cm³/mol. The van der Waals surface area contributed by atoms with Gasteiger partial charge in [-0.15, -0.1) is 0 Å². The molecule has 0 aliphatic carbocycles. The highest BCUT2D eigenvalue weighted by Crippen LogP contribution is 2.25. The van der Waals surface area contributed by atoms with Crippen molar-refractivity contribution in [3.05, 3.63) is 35.9 Å². The lowest BCUT2D eigenvalue weighted by molar-refractivity contribution is -0.233. The van der Waals surface area contributed by atoms with Gasteiger partial charge in [0.05, 0.1) is 12.7 Å². The quantitative estimate of drug-likeness (QED) is 0.597. The van der Waals surface area contributed by atoms with Gasteiger partial charge in [-0.3, -0.25) is 4.90 Å². The minimum atomic E-state index is -1.26. The molecule has 0 spiro atoms. The Labute approximate surface area is 124 Å². The van der Waals surface area contributed by atoms with Crippen LogP contribution in [-0.2, 0) is 4.74 Å². The van der Waals surface area contributed by atoms with Crippen LogP contribution in [0.3, 0.4) is 0 Å². The average molecular weight is 297 g/mol. The Morgan fingerprint density at radius 3 is 2.38 bits per heavy atom. The van der Waals surface area contributed by atoms with Gasteiger partial charge in [0, 0.05) is 6.04 Å². The van der Waals surface area contributed by atoms with Gasteiger partial charge < -0.3 is 25.2 Å². The first-order valence-electron chi connectivity index (χ1n) is 7.04. The third-order valence-corrected chi connectivity index (χ3v) is 4.12. The van der Waals surface area contributed by atoms with Crippen LogP contribution in [-0.4, -0.2) is 69.6 Å². The van der Waals surface area contributed by atoms with Gasteiger partial charge >= 0.3 is 0 Å². The highest BCUT2D eigenvalue weighted by Gasteiger charge is 2.41. The lowest BCUT2D eigenvalue weighted by Crippen LogP contribution is -2.60. The number of aliphatic hydroxyl groups is 4. The molecule has 118 valence electrons. The fraction of sp³-hybridized carbons (Fsp3) is 0.600. The molecule has 6 nitrogen and oxygen atoms in total.